The zero-order valence-electron chi connectivity index (χ0n) is 13.9. The largest absolute Gasteiger partial charge is 0.497 e. The summed E-state index contributed by atoms with van der Waals surface area (Å²) in [7, 11) is 1.59. The minimum absolute atomic E-state index is 0.0966. The number of benzene rings is 2. The van der Waals surface area contributed by atoms with Crippen molar-refractivity contribution in [1.29, 1.82) is 0 Å². The number of carboxylic acid groups (broad SMARTS) is 1. The first-order valence-corrected chi connectivity index (χ1v) is 8.66. The molecule has 25 heavy (non-hydrogen) atoms. The van der Waals surface area contributed by atoms with Crippen LogP contribution in [-0.4, -0.2) is 29.8 Å². The molecule has 0 atom stereocenters. The van der Waals surface area contributed by atoms with Gasteiger partial charge in [-0.05, 0) is 48.9 Å². The van der Waals surface area contributed by atoms with Crippen LogP contribution in [0.3, 0.4) is 0 Å². The van der Waals surface area contributed by atoms with Crippen LogP contribution in [0, 0.1) is 0 Å². The zero-order chi connectivity index (χ0) is 18.0. The molecule has 1 heterocycles. The summed E-state index contributed by atoms with van der Waals surface area (Å²) in [5.41, 5.74) is 3.13. The number of fused-ring (bicyclic) bond motifs is 1. The topological polar surface area (TPSA) is 71.5 Å². The van der Waals surface area contributed by atoms with E-state index in [9.17, 15) is 9.90 Å². The van der Waals surface area contributed by atoms with Gasteiger partial charge in [-0.1, -0.05) is 15.9 Å². The number of methoxy groups -OCH3 is 1. The average molecular weight is 404 g/mol. The van der Waals surface area contributed by atoms with E-state index in [1.807, 2.05) is 43.3 Å². The van der Waals surface area contributed by atoms with E-state index in [2.05, 4.69) is 20.9 Å². The summed E-state index contributed by atoms with van der Waals surface area (Å²) >= 11 is 3.48. The lowest BCUT2D eigenvalue weighted by Gasteiger charge is -2.11. The van der Waals surface area contributed by atoms with Gasteiger partial charge in [-0.2, -0.15) is 0 Å². The molecule has 1 aromatic heterocycles. The highest BCUT2D eigenvalue weighted by atomic mass is 79.9. The van der Waals surface area contributed by atoms with Gasteiger partial charge in [0.15, 0.2) is 0 Å². The van der Waals surface area contributed by atoms with Gasteiger partial charge in [0.25, 0.3) is 0 Å². The maximum absolute atomic E-state index is 11.4. The smallest absolute Gasteiger partial charge is 0.307 e. The van der Waals surface area contributed by atoms with E-state index < -0.39 is 5.97 Å². The number of H-pyrrole nitrogens is 1. The highest BCUT2D eigenvalue weighted by Crippen LogP contribution is 2.38. The molecule has 6 heteroatoms. The lowest BCUT2D eigenvalue weighted by molar-refractivity contribution is -0.136. The number of aromatic nitrogens is 1. The Morgan fingerprint density at radius 2 is 2.04 bits per heavy atom. The lowest BCUT2D eigenvalue weighted by Crippen LogP contribution is -2.02. The molecule has 0 aliphatic carbocycles. The first-order chi connectivity index (χ1) is 12.0. The third kappa shape index (κ3) is 3.49. The quantitative estimate of drug-likeness (QED) is 0.629. The van der Waals surface area contributed by atoms with Gasteiger partial charge in [0, 0.05) is 20.9 Å². The van der Waals surface area contributed by atoms with Crippen LogP contribution in [0.25, 0.3) is 22.2 Å². The fraction of sp³-hybridized carbons (Fsp3) is 0.211. The number of aromatic amines is 1. The number of ether oxygens (including phenoxy) is 2. The molecule has 2 aromatic carbocycles. The highest BCUT2D eigenvalue weighted by molar-refractivity contribution is 9.10. The van der Waals surface area contributed by atoms with Crippen molar-refractivity contribution in [3.8, 4) is 22.8 Å². The number of nitrogens with one attached hydrogen (secondary N) is 1. The van der Waals surface area contributed by atoms with Crippen LogP contribution >= 0.6 is 15.9 Å². The Morgan fingerprint density at radius 3 is 2.72 bits per heavy atom. The molecular weight excluding hydrogens is 386 g/mol. The molecule has 0 fully saturated rings. The van der Waals surface area contributed by atoms with E-state index >= 15 is 0 Å². The molecule has 0 aliphatic heterocycles. The molecule has 130 valence electrons. The van der Waals surface area contributed by atoms with Crippen LogP contribution in [0.4, 0.5) is 0 Å². The third-order valence-electron chi connectivity index (χ3n) is 3.95. The molecule has 0 saturated heterocycles. The van der Waals surface area contributed by atoms with E-state index in [0.29, 0.717) is 23.7 Å². The van der Waals surface area contributed by atoms with Gasteiger partial charge in [-0.15, -0.1) is 0 Å². The SMILES string of the molecule is CCOc1ccc(Br)cc1-c1[nH]c2ccc(OC)cc2c1CC(=O)O. The summed E-state index contributed by atoms with van der Waals surface area (Å²) < 4.78 is 11.9. The van der Waals surface area contributed by atoms with Crippen molar-refractivity contribution < 1.29 is 19.4 Å². The van der Waals surface area contributed by atoms with Crippen LogP contribution in [-0.2, 0) is 11.2 Å². The summed E-state index contributed by atoms with van der Waals surface area (Å²) in [6, 6.07) is 11.3. The number of hydrogen-bond acceptors (Lipinski definition) is 3. The number of rotatable bonds is 6. The molecule has 0 spiro atoms. The first-order valence-electron chi connectivity index (χ1n) is 7.86. The summed E-state index contributed by atoms with van der Waals surface area (Å²) in [5.74, 6) is 0.498. The van der Waals surface area contributed by atoms with E-state index in [1.54, 1.807) is 7.11 Å². The van der Waals surface area contributed by atoms with E-state index in [-0.39, 0.29) is 6.42 Å². The van der Waals surface area contributed by atoms with Gasteiger partial charge in [0.05, 0.1) is 25.8 Å². The van der Waals surface area contributed by atoms with Crippen molar-refractivity contribution in [3.05, 3.63) is 46.4 Å². The molecule has 0 aliphatic rings. The minimum atomic E-state index is -0.891. The average Bonchev–Trinajstić information content (AvgIpc) is 2.93. The van der Waals surface area contributed by atoms with Gasteiger partial charge in [0.2, 0.25) is 0 Å². The standard InChI is InChI=1S/C19H18BrNO4/c1-3-25-17-7-4-11(20)8-15(17)19-14(10-18(22)23)13-9-12(24-2)5-6-16(13)21-19/h4-9,21H,3,10H2,1-2H3,(H,22,23). The lowest BCUT2D eigenvalue weighted by atomic mass is 10.0. The summed E-state index contributed by atoms with van der Waals surface area (Å²) in [6.45, 7) is 2.44. The van der Waals surface area contributed by atoms with E-state index in [0.717, 1.165) is 26.6 Å². The minimum Gasteiger partial charge on any atom is -0.497 e. The molecule has 2 N–H and O–H groups in total. The van der Waals surface area contributed by atoms with Crippen molar-refractivity contribution in [1.82, 2.24) is 4.98 Å². The molecule has 0 saturated carbocycles. The number of carbonyl (C=O) groups is 1. The van der Waals surface area contributed by atoms with Crippen LogP contribution < -0.4 is 9.47 Å². The molecule has 0 bridgehead atoms. The van der Waals surface area contributed by atoms with Gasteiger partial charge >= 0.3 is 5.97 Å². The summed E-state index contributed by atoms with van der Waals surface area (Å²) in [6.07, 6.45) is -0.0966. The van der Waals surface area contributed by atoms with Crippen molar-refractivity contribution in [2.75, 3.05) is 13.7 Å². The fourth-order valence-electron chi connectivity index (χ4n) is 2.90. The van der Waals surface area contributed by atoms with Gasteiger partial charge in [0.1, 0.15) is 11.5 Å². The summed E-state index contributed by atoms with van der Waals surface area (Å²) in [4.78, 5) is 14.8. The number of hydrogen-bond donors (Lipinski definition) is 2. The Labute approximate surface area is 153 Å². The molecule has 0 amide bonds. The monoisotopic (exact) mass is 403 g/mol. The molecule has 3 aromatic rings. The predicted molar refractivity (Wildman–Crippen MR) is 100 cm³/mol. The molecule has 0 unspecified atom stereocenters. The first kappa shape index (κ1) is 17.4. The maximum atomic E-state index is 11.4. The normalized spacial score (nSPS) is 10.8. The Hall–Kier alpha value is -2.47. The predicted octanol–water partition coefficient (Wildman–Crippen LogP) is 4.63. The number of aliphatic carboxylic acids is 1. The van der Waals surface area contributed by atoms with Crippen molar-refractivity contribution in [2.45, 2.75) is 13.3 Å². The Bertz CT molecular complexity index is 933. The molecule has 3 rings (SSSR count). The van der Waals surface area contributed by atoms with Crippen molar-refractivity contribution in [3.63, 3.8) is 0 Å². The van der Waals surface area contributed by atoms with Crippen LogP contribution in [0.15, 0.2) is 40.9 Å². The van der Waals surface area contributed by atoms with E-state index in [1.165, 1.54) is 0 Å². The van der Waals surface area contributed by atoms with Crippen LogP contribution in [0.2, 0.25) is 0 Å². The van der Waals surface area contributed by atoms with E-state index in [4.69, 9.17) is 9.47 Å². The number of halogens is 1. The highest BCUT2D eigenvalue weighted by Gasteiger charge is 2.19. The van der Waals surface area contributed by atoms with Gasteiger partial charge in [-0.25, -0.2) is 0 Å². The Morgan fingerprint density at radius 1 is 1.24 bits per heavy atom. The molecule has 0 radical (unpaired) electrons. The van der Waals surface area contributed by atoms with Crippen LogP contribution in [0.1, 0.15) is 12.5 Å². The van der Waals surface area contributed by atoms with Crippen molar-refractivity contribution >= 4 is 32.8 Å². The second-order valence-corrected chi connectivity index (χ2v) is 6.45. The second-order valence-electron chi connectivity index (χ2n) is 5.53. The van der Waals surface area contributed by atoms with Gasteiger partial charge in [-0.3, -0.25) is 4.79 Å². The Kier molecular flexibility index (Phi) is 4.99. The molecule has 5 nitrogen and oxygen atoms in total. The van der Waals surface area contributed by atoms with Crippen LogP contribution in [0.5, 0.6) is 11.5 Å². The number of carboxylic acids is 1. The maximum Gasteiger partial charge on any atom is 0.307 e. The summed E-state index contributed by atoms with van der Waals surface area (Å²) in [5, 5.41) is 10.2. The zero-order valence-corrected chi connectivity index (χ0v) is 15.5. The fourth-order valence-corrected chi connectivity index (χ4v) is 3.26. The van der Waals surface area contributed by atoms with Gasteiger partial charge < -0.3 is 19.6 Å². The van der Waals surface area contributed by atoms with Crippen molar-refractivity contribution in [2.24, 2.45) is 0 Å². The Balaban J connectivity index is 2.28. The second kappa shape index (κ2) is 7.19. The molecular formula is C19H18BrNO4. The third-order valence-corrected chi connectivity index (χ3v) is 4.45.